The second-order valence-corrected chi connectivity index (χ2v) is 20.8. The summed E-state index contributed by atoms with van der Waals surface area (Å²) in [5.74, 6) is 0. The normalized spacial score (nSPS) is 17.9. The number of para-hydroxylation sites is 3. The highest BCUT2D eigenvalue weighted by atomic mass is 79.9. The largest absolute Gasteiger partial charge is 0.444 e. The maximum absolute atomic E-state index is 12.2. The molecule has 4 aliphatic rings. The van der Waals surface area contributed by atoms with Crippen molar-refractivity contribution < 1.29 is 37.3 Å². The van der Waals surface area contributed by atoms with Crippen LogP contribution in [0.25, 0.3) is 0 Å². The van der Waals surface area contributed by atoms with Crippen molar-refractivity contribution in [2.75, 3.05) is 44.0 Å². The predicted molar refractivity (Wildman–Crippen MR) is 262 cm³/mol. The van der Waals surface area contributed by atoms with Gasteiger partial charge in [-0.3, -0.25) is 25.0 Å². The minimum absolute atomic E-state index is 0.108. The molecular formula is C46H68BrN9O10S. The maximum Gasteiger partial charge on any atom is 0.410 e. The number of anilines is 1. The van der Waals surface area contributed by atoms with Crippen LogP contribution in [0.15, 0.2) is 72.8 Å². The first-order chi connectivity index (χ1) is 31.6. The highest BCUT2D eigenvalue weighted by Gasteiger charge is 2.35. The van der Waals surface area contributed by atoms with Crippen molar-refractivity contribution in [3.8, 4) is 0 Å². The SMILES string of the molecule is CC(C)(C)OC(=O)N1CCC(N)CC1.CC(C)(C)OC(=O)N1CCC(NCc2ccccc2[N+](=O)[O-])CC1.O=S1(=O)Nc2ccccc2CN1C1CCNCC1.O=[N+]([O-])c1ccccc1CBr. The fourth-order valence-corrected chi connectivity index (χ4v) is 9.50. The van der Waals surface area contributed by atoms with Gasteiger partial charge in [0.25, 0.3) is 11.4 Å². The summed E-state index contributed by atoms with van der Waals surface area (Å²) in [6.07, 6.45) is 4.62. The summed E-state index contributed by atoms with van der Waals surface area (Å²) in [5, 5.41) is 28.5. The van der Waals surface area contributed by atoms with Crippen LogP contribution in [-0.4, -0.2) is 113 Å². The number of likely N-dealkylation sites (tertiary alicyclic amines) is 2. The summed E-state index contributed by atoms with van der Waals surface area (Å²) in [6.45, 7) is 16.6. The number of carbonyl (C=O) groups excluding carboxylic acids is 2. The number of fused-ring (bicyclic) bond motifs is 1. The van der Waals surface area contributed by atoms with Crippen molar-refractivity contribution in [1.82, 2.24) is 24.7 Å². The second-order valence-electron chi connectivity index (χ2n) is 18.6. The van der Waals surface area contributed by atoms with E-state index < -0.39 is 21.4 Å². The Morgan fingerprint density at radius 2 is 1.21 bits per heavy atom. The van der Waals surface area contributed by atoms with Gasteiger partial charge in [0.15, 0.2) is 0 Å². The standard InChI is InChI=1S/C17H25N3O4.C12H17N3O2S.C10H20N2O2.C7H6BrNO2/c1-17(2,3)24-16(21)19-10-8-14(9-11-19)18-12-13-6-4-5-7-15(13)20(22)23;16-18(17)14-12-4-2-1-3-10(12)9-15(18)11-5-7-13-8-6-11;1-10(2,3)14-9(13)12-6-4-8(11)5-7-12;8-5-6-3-1-2-4-7(6)9(10)11/h4-7,14,18H,8-12H2,1-3H3;1-4,11,13-14H,5-9H2;8H,4-7,11H2,1-3H3;1-4H,5H2. The van der Waals surface area contributed by atoms with Crippen LogP contribution in [0.5, 0.6) is 0 Å². The number of halogens is 1. The molecule has 19 nitrogen and oxygen atoms in total. The van der Waals surface area contributed by atoms with Crippen molar-refractivity contribution in [1.29, 1.82) is 0 Å². The van der Waals surface area contributed by atoms with E-state index in [2.05, 4.69) is 31.3 Å². The summed E-state index contributed by atoms with van der Waals surface area (Å²) in [6, 6.07) is 21.6. The zero-order chi connectivity index (χ0) is 49.4. The predicted octanol–water partition coefficient (Wildman–Crippen LogP) is 7.83. The molecule has 0 radical (unpaired) electrons. The molecule has 370 valence electrons. The number of nitro groups is 2. The Morgan fingerprint density at radius 1 is 0.746 bits per heavy atom. The fraction of sp³-hybridized carbons (Fsp3) is 0.565. The summed E-state index contributed by atoms with van der Waals surface area (Å²) in [5.41, 5.74) is 8.30. The molecule has 0 aliphatic carbocycles. The molecule has 0 bridgehead atoms. The number of piperidine rings is 3. The Kier molecular flexibility index (Phi) is 20.8. The van der Waals surface area contributed by atoms with Gasteiger partial charge in [0.05, 0.1) is 15.5 Å². The molecule has 4 aliphatic heterocycles. The molecule has 0 saturated carbocycles. The number of nitrogens with two attached hydrogens (primary N) is 1. The molecule has 3 saturated heterocycles. The van der Waals surface area contributed by atoms with Crippen LogP contribution < -0.4 is 21.1 Å². The van der Waals surface area contributed by atoms with Crippen LogP contribution in [0.2, 0.25) is 0 Å². The zero-order valence-electron chi connectivity index (χ0n) is 39.4. The first-order valence-electron chi connectivity index (χ1n) is 22.6. The molecule has 5 N–H and O–H groups in total. The third kappa shape index (κ3) is 18.2. The molecule has 21 heteroatoms. The smallest absolute Gasteiger partial charge is 0.410 e. The third-order valence-electron chi connectivity index (χ3n) is 11.0. The lowest BCUT2D eigenvalue weighted by atomic mass is 10.0. The first kappa shape index (κ1) is 54.7. The van der Waals surface area contributed by atoms with Gasteiger partial charge in [-0.2, -0.15) is 12.7 Å². The lowest BCUT2D eigenvalue weighted by Crippen LogP contribution is -2.49. The average Bonchev–Trinajstić information content (AvgIpc) is 3.28. The quantitative estimate of drug-likeness (QED) is 0.100. The van der Waals surface area contributed by atoms with Gasteiger partial charge in [-0.25, -0.2) is 9.59 Å². The number of alkyl halides is 1. The van der Waals surface area contributed by atoms with Gasteiger partial charge >= 0.3 is 22.4 Å². The number of hydrogen-bond acceptors (Lipinski definition) is 13. The number of nitrogens with zero attached hydrogens (tertiary/aromatic N) is 5. The van der Waals surface area contributed by atoms with Crippen molar-refractivity contribution in [2.45, 2.75) is 128 Å². The van der Waals surface area contributed by atoms with E-state index in [1.54, 1.807) is 50.5 Å². The van der Waals surface area contributed by atoms with E-state index in [4.69, 9.17) is 15.2 Å². The van der Waals surface area contributed by atoms with Crippen LogP contribution in [0.1, 0.15) is 96.8 Å². The molecule has 0 spiro atoms. The molecule has 3 fully saturated rings. The van der Waals surface area contributed by atoms with Crippen LogP contribution in [0, 0.1) is 20.2 Å². The Hall–Kier alpha value is -4.93. The summed E-state index contributed by atoms with van der Waals surface area (Å²) >= 11 is 3.17. The van der Waals surface area contributed by atoms with Gasteiger partial charge in [0, 0.05) is 86.0 Å². The summed E-state index contributed by atoms with van der Waals surface area (Å²) < 4.78 is 39.4. The average molecular weight is 1020 g/mol. The number of hydrogen-bond donors (Lipinski definition) is 4. The lowest BCUT2D eigenvalue weighted by molar-refractivity contribution is -0.385. The van der Waals surface area contributed by atoms with E-state index in [1.807, 2.05) is 65.8 Å². The fourth-order valence-electron chi connectivity index (χ4n) is 7.52. The van der Waals surface area contributed by atoms with E-state index in [0.717, 1.165) is 70.3 Å². The number of rotatable bonds is 7. The van der Waals surface area contributed by atoms with Gasteiger partial charge in [-0.05, 0) is 105 Å². The molecule has 0 atom stereocenters. The minimum Gasteiger partial charge on any atom is -0.444 e. The Balaban J connectivity index is 0.000000203. The number of carbonyl (C=O) groups is 2. The number of amides is 2. The Morgan fingerprint density at radius 3 is 1.70 bits per heavy atom. The number of nitro benzene ring substituents is 2. The van der Waals surface area contributed by atoms with Crippen molar-refractivity contribution in [3.63, 3.8) is 0 Å². The molecule has 0 unspecified atom stereocenters. The second kappa shape index (κ2) is 25.4. The van der Waals surface area contributed by atoms with Gasteiger partial charge in [0.1, 0.15) is 11.2 Å². The van der Waals surface area contributed by atoms with Crippen molar-refractivity contribution >= 4 is 55.4 Å². The molecule has 3 aromatic carbocycles. The summed E-state index contributed by atoms with van der Waals surface area (Å²) in [4.78, 5) is 47.7. The van der Waals surface area contributed by atoms with Crippen molar-refractivity contribution in [3.05, 3.63) is 110 Å². The topological polar surface area (TPSA) is 245 Å². The first-order valence-corrected chi connectivity index (χ1v) is 25.2. The summed E-state index contributed by atoms with van der Waals surface area (Å²) in [7, 11) is -3.38. The maximum atomic E-state index is 12.2. The lowest BCUT2D eigenvalue weighted by Gasteiger charge is -2.37. The Bertz CT molecular complexity index is 2200. The monoisotopic (exact) mass is 1020 g/mol. The van der Waals surface area contributed by atoms with Crippen molar-refractivity contribution in [2.24, 2.45) is 5.73 Å². The zero-order valence-corrected chi connectivity index (χ0v) is 41.9. The highest BCUT2D eigenvalue weighted by molar-refractivity contribution is 9.08. The van der Waals surface area contributed by atoms with Gasteiger partial charge in [-0.15, -0.1) is 0 Å². The van der Waals surface area contributed by atoms with Gasteiger partial charge in [0.2, 0.25) is 0 Å². The molecular weight excluding hydrogens is 951 g/mol. The van der Waals surface area contributed by atoms with E-state index >= 15 is 0 Å². The van der Waals surface area contributed by atoms with E-state index in [-0.39, 0.29) is 51.5 Å². The number of ether oxygens (including phenoxy) is 2. The van der Waals surface area contributed by atoms with E-state index in [9.17, 15) is 38.2 Å². The molecule has 4 heterocycles. The third-order valence-corrected chi connectivity index (χ3v) is 13.2. The molecule has 7 rings (SSSR count). The minimum atomic E-state index is -3.38. The number of nitrogens with one attached hydrogen (secondary N) is 3. The van der Waals surface area contributed by atoms with Gasteiger partial charge < -0.3 is 35.6 Å². The van der Waals surface area contributed by atoms with Gasteiger partial charge in [-0.1, -0.05) is 70.5 Å². The van der Waals surface area contributed by atoms with E-state index in [0.29, 0.717) is 48.3 Å². The van der Waals surface area contributed by atoms with Crippen LogP contribution >= 0.6 is 15.9 Å². The molecule has 2 amide bonds. The molecule has 3 aromatic rings. The van der Waals surface area contributed by atoms with Crippen LogP contribution in [0.3, 0.4) is 0 Å². The highest BCUT2D eigenvalue weighted by Crippen LogP contribution is 2.30. The van der Waals surface area contributed by atoms with E-state index in [1.165, 1.54) is 12.1 Å². The molecule has 0 aromatic heterocycles. The van der Waals surface area contributed by atoms with Crippen LogP contribution in [-0.2, 0) is 38.1 Å². The Labute approximate surface area is 403 Å². The van der Waals surface area contributed by atoms with Crippen LogP contribution in [0.4, 0.5) is 26.7 Å². The number of benzene rings is 3. The molecule has 67 heavy (non-hydrogen) atoms.